The van der Waals surface area contributed by atoms with Gasteiger partial charge in [0.15, 0.2) is 5.82 Å². The van der Waals surface area contributed by atoms with E-state index >= 15 is 0 Å². The van der Waals surface area contributed by atoms with Gasteiger partial charge < -0.3 is 24.1 Å². The Bertz CT molecular complexity index is 1120. The van der Waals surface area contributed by atoms with Crippen LogP contribution in [0, 0.1) is 6.57 Å². The smallest absolute Gasteiger partial charge is 0.410 e. The minimum Gasteiger partial charge on any atom is -0.462 e. The first kappa shape index (κ1) is 25.4. The number of fused-ring (bicyclic) bond motifs is 1. The number of likely N-dealkylation sites (N-methyl/N-ethyl adjacent to an activating group) is 1. The number of hydrogen-bond acceptors (Lipinski definition) is 8. The van der Waals surface area contributed by atoms with Crippen molar-refractivity contribution in [3.8, 4) is 6.01 Å². The summed E-state index contributed by atoms with van der Waals surface area (Å²) in [6, 6.07) is 2.23. The molecule has 0 saturated carbocycles. The standard InChI is InChI=1S/C24H32BrN7O3/c1-24(2,3)35-23(33)32-10-9-31(14-18(32)13-26-4)21-20-19(11-16(25)12-27-20)28-22(29-21)34-15-17-7-6-8-30(17)5/h11-12,17-18H,6-10,13-15H2,1-3,5H3/t17-,18-/m0/s1. The highest BCUT2D eigenvalue weighted by atomic mass is 79.9. The molecule has 2 aromatic rings. The van der Waals surface area contributed by atoms with Gasteiger partial charge in [0.05, 0.1) is 5.52 Å². The van der Waals surface area contributed by atoms with Gasteiger partial charge in [-0.3, -0.25) is 4.90 Å². The molecule has 0 spiro atoms. The van der Waals surface area contributed by atoms with Gasteiger partial charge in [-0.2, -0.15) is 9.97 Å². The maximum absolute atomic E-state index is 12.8. The van der Waals surface area contributed by atoms with E-state index in [1.165, 1.54) is 0 Å². The second-order valence-corrected chi connectivity index (χ2v) is 11.0. The third-order valence-electron chi connectivity index (χ3n) is 6.25. The van der Waals surface area contributed by atoms with Gasteiger partial charge >= 0.3 is 12.1 Å². The zero-order valence-corrected chi connectivity index (χ0v) is 22.3. The second kappa shape index (κ2) is 10.5. The van der Waals surface area contributed by atoms with Gasteiger partial charge in [0.1, 0.15) is 23.8 Å². The van der Waals surface area contributed by atoms with Crippen molar-refractivity contribution in [1.82, 2.24) is 24.8 Å². The summed E-state index contributed by atoms with van der Waals surface area (Å²) in [7, 11) is 2.11. The van der Waals surface area contributed by atoms with E-state index in [0.29, 0.717) is 55.1 Å². The number of rotatable bonds is 5. The quantitative estimate of drug-likeness (QED) is 0.526. The zero-order chi connectivity index (χ0) is 25.2. The summed E-state index contributed by atoms with van der Waals surface area (Å²) in [6.07, 6.45) is 3.58. The lowest BCUT2D eigenvalue weighted by molar-refractivity contribution is 0.0155. The molecule has 0 aliphatic carbocycles. The molecule has 0 unspecified atom stereocenters. The minimum absolute atomic E-state index is 0.176. The van der Waals surface area contributed by atoms with E-state index in [1.807, 2.05) is 26.8 Å². The average molecular weight is 546 g/mol. The fourth-order valence-corrected chi connectivity index (χ4v) is 4.79. The maximum atomic E-state index is 12.8. The van der Waals surface area contributed by atoms with Crippen LogP contribution in [0.5, 0.6) is 6.01 Å². The number of ether oxygens (including phenoxy) is 2. The van der Waals surface area contributed by atoms with Crippen LogP contribution in [0.4, 0.5) is 10.6 Å². The molecular formula is C24H32BrN7O3. The van der Waals surface area contributed by atoms with Crippen LogP contribution in [0.15, 0.2) is 16.7 Å². The molecule has 2 saturated heterocycles. The Labute approximate surface area is 214 Å². The lowest BCUT2D eigenvalue weighted by Gasteiger charge is -2.40. The first-order valence-corrected chi connectivity index (χ1v) is 12.7. The van der Waals surface area contributed by atoms with Gasteiger partial charge in [-0.15, -0.1) is 0 Å². The summed E-state index contributed by atoms with van der Waals surface area (Å²) in [5, 5.41) is 0. The first-order valence-electron chi connectivity index (χ1n) is 11.9. The van der Waals surface area contributed by atoms with Gasteiger partial charge in [-0.1, -0.05) is 0 Å². The summed E-state index contributed by atoms with van der Waals surface area (Å²) >= 11 is 3.48. The van der Waals surface area contributed by atoms with Crippen molar-refractivity contribution < 1.29 is 14.3 Å². The predicted octanol–water partition coefficient (Wildman–Crippen LogP) is 3.61. The van der Waals surface area contributed by atoms with Gasteiger partial charge in [0.25, 0.3) is 0 Å². The molecular weight excluding hydrogens is 514 g/mol. The summed E-state index contributed by atoms with van der Waals surface area (Å²) in [6.45, 7) is 16.1. The highest BCUT2D eigenvalue weighted by Crippen LogP contribution is 2.29. The first-order chi connectivity index (χ1) is 16.6. The molecule has 2 fully saturated rings. The van der Waals surface area contributed by atoms with E-state index in [4.69, 9.17) is 21.0 Å². The largest absolute Gasteiger partial charge is 0.462 e. The van der Waals surface area contributed by atoms with E-state index in [-0.39, 0.29) is 12.6 Å². The Morgan fingerprint density at radius 2 is 2.06 bits per heavy atom. The van der Waals surface area contributed by atoms with E-state index in [9.17, 15) is 4.79 Å². The predicted molar refractivity (Wildman–Crippen MR) is 137 cm³/mol. The number of halogens is 1. The van der Waals surface area contributed by atoms with Crippen LogP contribution in [0.3, 0.4) is 0 Å². The number of pyridine rings is 1. The average Bonchev–Trinajstić information content (AvgIpc) is 3.20. The van der Waals surface area contributed by atoms with Crippen molar-refractivity contribution in [3.05, 3.63) is 28.2 Å². The molecule has 0 aromatic carbocycles. The zero-order valence-electron chi connectivity index (χ0n) is 20.7. The van der Waals surface area contributed by atoms with Crippen molar-refractivity contribution >= 4 is 38.9 Å². The SMILES string of the molecule is [C-]#[N+]C[C@H]1CN(c2nc(OC[C@@H]3CCCN3C)nc3cc(Br)cnc23)CCN1C(=O)OC(C)(C)C. The molecule has 0 bridgehead atoms. The number of carbonyl (C=O) groups is 1. The molecule has 35 heavy (non-hydrogen) atoms. The van der Waals surface area contributed by atoms with E-state index < -0.39 is 11.7 Å². The van der Waals surface area contributed by atoms with Crippen LogP contribution in [0.25, 0.3) is 15.9 Å². The molecule has 0 radical (unpaired) electrons. The number of nitrogens with zero attached hydrogens (tertiary/aromatic N) is 7. The minimum atomic E-state index is -0.601. The molecule has 10 nitrogen and oxygen atoms in total. The van der Waals surface area contributed by atoms with Crippen LogP contribution in [0.2, 0.25) is 0 Å². The van der Waals surface area contributed by atoms with Gasteiger partial charge in [0, 0.05) is 36.3 Å². The Kier molecular flexibility index (Phi) is 7.62. The molecule has 4 rings (SSSR count). The van der Waals surface area contributed by atoms with Gasteiger partial charge in [-0.25, -0.2) is 16.4 Å². The molecule has 11 heteroatoms. The Balaban J connectivity index is 1.60. The number of likely N-dealkylation sites (tertiary alicyclic amines) is 1. The second-order valence-electron chi connectivity index (χ2n) is 10.1. The number of amides is 1. The summed E-state index contributed by atoms with van der Waals surface area (Å²) < 4.78 is 12.5. The van der Waals surface area contributed by atoms with Crippen LogP contribution < -0.4 is 9.64 Å². The molecule has 1 amide bonds. The molecule has 2 aromatic heterocycles. The summed E-state index contributed by atoms with van der Waals surface area (Å²) in [5.41, 5.74) is 0.734. The van der Waals surface area contributed by atoms with Crippen LogP contribution in [-0.4, -0.2) is 94.9 Å². The summed E-state index contributed by atoms with van der Waals surface area (Å²) in [4.78, 5) is 36.3. The van der Waals surface area contributed by atoms with E-state index in [2.05, 4.69) is 47.6 Å². The Hall–Kier alpha value is -2.71. The molecule has 4 heterocycles. The van der Waals surface area contributed by atoms with E-state index in [0.717, 1.165) is 23.9 Å². The number of hydrogen-bond donors (Lipinski definition) is 0. The fraction of sp³-hybridized carbons (Fsp3) is 0.625. The van der Waals surface area contributed by atoms with Crippen molar-refractivity contribution in [2.24, 2.45) is 0 Å². The molecule has 2 atom stereocenters. The van der Waals surface area contributed by atoms with Crippen molar-refractivity contribution in [3.63, 3.8) is 0 Å². The highest BCUT2D eigenvalue weighted by Gasteiger charge is 2.36. The number of carbonyl (C=O) groups excluding carboxylic acids is 1. The lowest BCUT2D eigenvalue weighted by Crippen LogP contribution is -2.57. The van der Waals surface area contributed by atoms with Crippen molar-refractivity contribution in [2.75, 3.05) is 51.3 Å². The van der Waals surface area contributed by atoms with Crippen LogP contribution in [-0.2, 0) is 4.74 Å². The molecule has 0 N–H and O–H groups in total. The maximum Gasteiger partial charge on any atom is 0.410 e. The summed E-state index contributed by atoms with van der Waals surface area (Å²) in [5.74, 6) is 0.649. The monoisotopic (exact) mass is 545 g/mol. The molecule has 2 aliphatic heterocycles. The number of anilines is 1. The van der Waals surface area contributed by atoms with E-state index in [1.54, 1.807) is 11.1 Å². The number of aromatic nitrogens is 3. The number of piperazine rings is 1. The van der Waals surface area contributed by atoms with Crippen LogP contribution >= 0.6 is 15.9 Å². The van der Waals surface area contributed by atoms with Gasteiger partial charge in [0.2, 0.25) is 6.54 Å². The lowest BCUT2D eigenvalue weighted by atomic mass is 10.1. The van der Waals surface area contributed by atoms with Gasteiger partial charge in [-0.05, 0) is 69.2 Å². The van der Waals surface area contributed by atoms with Crippen LogP contribution in [0.1, 0.15) is 33.6 Å². The Morgan fingerprint density at radius 1 is 1.26 bits per heavy atom. The fourth-order valence-electron chi connectivity index (χ4n) is 4.47. The van der Waals surface area contributed by atoms with Crippen molar-refractivity contribution in [2.45, 2.75) is 51.3 Å². The van der Waals surface area contributed by atoms with Crippen molar-refractivity contribution in [1.29, 1.82) is 0 Å². The third kappa shape index (κ3) is 6.11. The third-order valence-corrected chi connectivity index (χ3v) is 6.69. The Morgan fingerprint density at radius 3 is 2.74 bits per heavy atom. The molecule has 188 valence electrons. The molecule has 2 aliphatic rings. The highest BCUT2D eigenvalue weighted by molar-refractivity contribution is 9.10. The topological polar surface area (TPSA) is 88.3 Å². The normalized spacial score (nSPS) is 21.3.